The van der Waals surface area contributed by atoms with Crippen LogP contribution in [0.15, 0.2) is 4.42 Å². The Kier molecular flexibility index (Phi) is 4.14. The molecular weight excluding hydrogens is 234 g/mol. The molecule has 1 aliphatic heterocycles. The second-order valence-corrected chi connectivity index (χ2v) is 4.35. The minimum atomic E-state index is -0.276. The number of nitrogens with zero attached hydrogens (tertiary/aromatic N) is 2. The van der Waals surface area contributed by atoms with Crippen molar-refractivity contribution in [1.29, 1.82) is 0 Å². The molecule has 1 aromatic rings. The fraction of sp³-hybridized carbons (Fsp3) is 0.727. The Morgan fingerprint density at radius 3 is 3.11 bits per heavy atom. The molecule has 1 saturated heterocycles. The number of nitrogens with one attached hydrogen (secondary N) is 3. The van der Waals surface area contributed by atoms with Gasteiger partial charge in [-0.15, -0.1) is 5.10 Å². The molecule has 0 aromatic carbocycles. The Labute approximate surface area is 106 Å². The summed E-state index contributed by atoms with van der Waals surface area (Å²) in [4.78, 5) is 11.6. The van der Waals surface area contributed by atoms with Crippen molar-refractivity contribution in [2.75, 3.05) is 18.4 Å². The van der Waals surface area contributed by atoms with Gasteiger partial charge in [0.2, 0.25) is 11.8 Å². The first-order valence-corrected chi connectivity index (χ1v) is 6.31. The molecule has 2 heterocycles. The lowest BCUT2D eigenvalue weighted by atomic mass is 10.1. The van der Waals surface area contributed by atoms with Crippen LogP contribution >= 0.6 is 0 Å². The summed E-state index contributed by atoms with van der Waals surface area (Å²) in [5.74, 6) is 0.510. The monoisotopic (exact) mass is 253 g/mol. The number of carbonyl (C=O) groups is 1. The van der Waals surface area contributed by atoms with E-state index in [2.05, 4.69) is 26.1 Å². The van der Waals surface area contributed by atoms with Gasteiger partial charge in [-0.3, -0.25) is 4.79 Å². The van der Waals surface area contributed by atoms with Crippen molar-refractivity contribution in [2.45, 2.75) is 38.8 Å². The van der Waals surface area contributed by atoms with Crippen LogP contribution in [0.1, 0.15) is 38.6 Å². The Balaban J connectivity index is 1.95. The van der Waals surface area contributed by atoms with E-state index < -0.39 is 0 Å². The van der Waals surface area contributed by atoms with Gasteiger partial charge < -0.3 is 20.4 Å². The van der Waals surface area contributed by atoms with Crippen molar-refractivity contribution < 1.29 is 9.21 Å². The number of carbonyl (C=O) groups excluding carboxylic acids is 1. The van der Waals surface area contributed by atoms with Gasteiger partial charge in [0, 0.05) is 6.54 Å². The Morgan fingerprint density at radius 1 is 1.56 bits per heavy atom. The van der Waals surface area contributed by atoms with E-state index in [1.807, 2.05) is 13.8 Å². The van der Waals surface area contributed by atoms with Crippen LogP contribution in [-0.4, -0.2) is 35.2 Å². The Bertz CT molecular complexity index is 406. The highest BCUT2D eigenvalue weighted by atomic mass is 16.4. The van der Waals surface area contributed by atoms with E-state index in [9.17, 15) is 4.79 Å². The van der Waals surface area contributed by atoms with Crippen molar-refractivity contribution >= 4 is 11.9 Å². The summed E-state index contributed by atoms with van der Waals surface area (Å²) >= 11 is 0. The predicted octanol–water partition coefficient (Wildman–Crippen LogP) is 0.431. The lowest BCUT2D eigenvalue weighted by Crippen LogP contribution is -2.44. The maximum atomic E-state index is 11.6. The average Bonchev–Trinajstić information content (AvgIpc) is 2.81. The first-order chi connectivity index (χ1) is 8.70. The average molecular weight is 253 g/mol. The van der Waals surface area contributed by atoms with E-state index in [4.69, 9.17) is 4.42 Å². The molecule has 3 N–H and O–H groups in total. The number of amides is 1. The highest BCUT2D eigenvalue weighted by Crippen LogP contribution is 2.16. The van der Waals surface area contributed by atoms with Crippen LogP contribution < -0.4 is 16.0 Å². The predicted molar refractivity (Wildman–Crippen MR) is 66.0 cm³/mol. The fourth-order valence-corrected chi connectivity index (χ4v) is 1.92. The molecule has 0 spiro atoms. The van der Waals surface area contributed by atoms with Crippen LogP contribution in [0.4, 0.5) is 6.01 Å². The molecule has 1 fully saturated rings. The van der Waals surface area contributed by atoms with Gasteiger partial charge in [-0.1, -0.05) is 12.0 Å². The van der Waals surface area contributed by atoms with Crippen LogP contribution in [0.2, 0.25) is 0 Å². The minimum Gasteiger partial charge on any atom is -0.406 e. The van der Waals surface area contributed by atoms with E-state index in [-0.39, 0.29) is 18.0 Å². The zero-order chi connectivity index (χ0) is 13.0. The van der Waals surface area contributed by atoms with Crippen LogP contribution in [0.25, 0.3) is 0 Å². The molecule has 7 nitrogen and oxygen atoms in total. The maximum Gasteiger partial charge on any atom is 0.316 e. The SMILES string of the molecule is CCNC(C)c1nnc(NC2CCCNC2=O)o1. The lowest BCUT2D eigenvalue weighted by molar-refractivity contribution is -0.123. The number of rotatable bonds is 5. The van der Waals surface area contributed by atoms with Crippen LogP contribution in [0, 0.1) is 0 Å². The lowest BCUT2D eigenvalue weighted by Gasteiger charge is -2.21. The van der Waals surface area contributed by atoms with Crippen LogP contribution in [-0.2, 0) is 4.79 Å². The van der Waals surface area contributed by atoms with Gasteiger partial charge in [-0.05, 0) is 26.3 Å². The molecule has 18 heavy (non-hydrogen) atoms. The quantitative estimate of drug-likeness (QED) is 0.705. The summed E-state index contributed by atoms with van der Waals surface area (Å²) in [5, 5.41) is 16.8. The van der Waals surface area contributed by atoms with Crippen LogP contribution in [0.3, 0.4) is 0 Å². The number of hydrogen-bond donors (Lipinski definition) is 3. The summed E-state index contributed by atoms with van der Waals surface area (Å²) in [6.07, 6.45) is 1.74. The molecule has 1 aliphatic rings. The van der Waals surface area contributed by atoms with Gasteiger partial charge in [-0.2, -0.15) is 0 Å². The topological polar surface area (TPSA) is 92.1 Å². The summed E-state index contributed by atoms with van der Waals surface area (Å²) < 4.78 is 5.47. The van der Waals surface area contributed by atoms with Crippen LogP contribution in [0.5, 0.6) is 0 Å². The molecule has 1 amide bonds. The summed E-state index contributed by atoms with van der Waals surface area (Å²) in [6.45, 7) is 5.54. The molecule has 0 radical (unpaired) electrons. The highest BCUT2D eigenvalue weighted by Gasteiger charge is 2.24. The zero-order valence-corrected chi connectivity index (χ0v) is 10.7. The first-order valence-electron chi connectivity index (χ1n) is 6.31. The molecule has 1 aromatic heterocycles. The Hall–Kier alpha value is -1.63. The van der Waals surface area contributed by atoms with E-state index in [1.165, 1.54) is 0 Å². The largest absolute Gasteiger partial charge is 0.406 e. The van der Waals surface area contributed by atoms with Gasteiger partial charge in [0.05, 0.1) is 6.04 Å². The summed E-state index contributed by atoms with van der Waals surface area (Å²) in [7, 11) is 0. The molecule has 2 unspecified atom stereocenters. The van der Waals surface area contributed by atoms with E-state index >= 15 is 0 Å². The van der Waals surface area contributed by atoms with Crippen molar-refractivity contribution in [3.8, 4) is 0 Å². The van der Waals surface area contributed by atoms with E-state index in [1.54, 1.807) is 0 Å². The zero-order valence-electron chi connectivity index (χ0n) is 10.7. The normalized spacial score (nSPS) is 21.4. The van der Waals surface area contributed by atoms with Crippen molar-refractivity contribution in [3.63, 3.8) is 0 Å². The molecule has 0 saturated carbocycles. The first kappa shape index (κ1) is 12.8. The summed E-state index contributed by atoms with van der Waals surface area (Å²) in [6, 6.07) is 0.0384. The minimum absolute atomic E-state index is 0.0123. The second kappa shape index (κ2) is 5.81. The molecular formula is C11H19N5O2. The molecule has 100 valence electrons. The van der Waals surface area contributed by atoms with Crippen molar-refractivity contribution in [3.05, 3.63) is 5.89 Å². The van der Waals surface area contributed by atoms with Gasteiger partial charge in [0.15, 0.2) is 0 Å². The number of hydrogen-bond acceptors (Lipinski definition) is 6. The van der Waals surface area contributed by atoms with Crippen molar-refractivity contribution in [1.82, 2.24) is 20.8 Å². The van der Waals surface area contributed by atoms with E-state index in [0.717, 1.165) is 25.9 Å². The number of piperidine rings is 1. The van der Waals surface area contributed by atoms with Gasteiger partial charge >= 0.3 is 6.01 Å². The van der Waals surface area contributed by atoms with Gasteiger partial charge in [0.25, 0.3) is 0 Å². The molecule has 2 rings (SSSR count). The summed E-state index contributed by atoms with van der Waals surface area (Å²) in [5.41, 5.74) is 0. The fourth-order valence-electron chi connectivity index (χ4n) is 1.92. The van der Waals surface area contributed by atoms with Crippen molar-refractivity contribution in [2.24, 2.45) is 0 Å². The third-order valence-electron chi connectivity index (χ3n) is 2.90. The maximum absolute atomic E-state index is 11.6. The Morgan fingerprint density at radius 2 is 2.39 bits per heavy atom. The standard InChI is InChI=1S/C11H19N5O2/c1-3-12-7(2)10-15-16-11(18-10)14-8-5-4-6-13-9(8)17/h7-8,12H,3-6H2,1-2H3,(H,13,17)(H,14,16). The smallest absolute Gasteiger partial charge is 0.316 e. The van der Waals surface area contributed by atoms with E-state index in [0.29, 0.717) is 11.9 Å². The molecule has 0 aliphatic carbocycles. The second-order valence-electron chi connectivity index (χ2n) is 4.35. The highest BCUT2D eigenvalue weighted by molar-refractivity contribution is 5.84. The van der Waals surface area contributed by atoms with Gasteiger partial charge in [-0.25, -0.2) is 0 Å². The number of anilines is 1. The third kappa shape index (κ3) is 2.98. The molecule has 0 bridgehead atoms. The number of aromatic nitrogens is 2. The third-order valence-corrected chi connectivity index (χ3v) is 2.90. The molecule has 2 atom stereocenters. The van der Waals surface area contributed by atoms with Gasteiger partial charge in [0.1, 0.15) is 6.04 Å². The molecule has 7 heteroatoms.